The van der Waals surface area contributed by atoms with Gasteiger partial charge in [0.25, 0.3) is 0 Å². The minimum absolute atomic E-state index is 0.0389. The third kappa shape index (κ3) is 3.03. The second-order valence-corrected chi connectivity index (χ2v) is 5.45. The molecule has 0 aliphatic heterocycles. The summed E-state index contributed by atoms with van der Waals surface area (Å²) in [7, 11) is 0. The molecule has 1 aliphatic rings. The van der Waals surface area contributed by atoms with Crippen molar-refractivity contribution in [1.29, 1.82) is 0 Å². The van der Waals surface area contributed by atoms with Gasteiger partial charge in [0.1, 0.15) is 0 Å². The molecule has 1 aliphatic carbocycles. The van der Waals surface area contributed by atoms with Crippen molar-refractivity contribution < 1.29 is 9.90 Å². The van der Waals surface area contributed by atoms with Crippen LogP contribution in [0.3, 0.4) is 0 Å². The Kier molecular flexibility index (Phi) is 4.24. The SMILES string of the molecule is O=C(NCCO)NCC1(c2ccccc2Br)CC1. The number of benzene rings is 1. The predicted molar refractivity (Wildman–Crippen MR) is 73.5 cm³/mol. The summed E-state index contributed by atoms with van der Waals surface area (Å²) in [6, 6.07) is 7.92. The van der Waals surface area contributed by atoms with Crippen LogP contribution in [0, 0.1) is 0 Å². The molecule has 1 aromatic carbocycles. The van der Waals surface area contributed by atoms with Gasteiger partial charge in [-0.05, 0) is 24.5 Å². The molecule has 0 saturated heterocycles. The first kappa shape index (κ1) is 13.4. The molecule has 2 amide bonds. The first-order valence-corrected chi connectivity index (χ1v) is 6.85. The van der Waals surface area contributed by atoms with E-state index in [0.717, 1.165) is 17.3 Å². The molecule has 0 bridgehead atoms. The molecule has 98 valence electrons. The highest BCUT2D eigenvalue weighted by molar-refractivity contribution is 9.10. The zero-order valence-corrected chi connectivity index (χ0v) is 11.7. The van der Waals surface area contributed by atoms with Crippen LogP contribution < -0.4 is 10.6 Å². The van der Waals surface area contributed by atoms with Crippen LogP contribution in [0.25, 0.3) is 0 Å². The number of urea groups is 1. The highest BCUT2D eigenvalue weighted by Crippen LogP contribution is 2.49. The lowest BCUT2D eigenvalue weighted by Crippen LogP contribution is -2.40. The van der Waals surface area contributed by atoms with Gasteiger partial charge in [-0.1, -0.05) is 34.1 Å². The Bertz CT molecular complexity index is 433. The number of hydrogen-bond donors (Lipinski definition) is 3. The third-order valence-electron chi connectivity index (χ3n) is 3.28. The van der Waals surface area contributed by atoms with Gasteiger partial charge in [-0.3, -0.25) is 0 Å². The van der Waals surface area contributed by atoms with E-state index in [1.807, 2.05) is 18.2 Å². The summed E-state index contributed by atoms with van der Waals surface area (Å²) in [4.78, 5) is 11.4. The molecule has 3 N–H and O–H groups in total. The molecule has 0 heterocycles. The number of hydrogen-bond acceptors (Lipinski definition) is 2. The van der Waals surface area contributed by atoms with Crippen molar-refractivity contribution in [2.75, 3.05) is 19.7 Å². The van der Waals surface area contributed by atoms with Crippen molar-refractivity contribution in [2.24, 2.45) is 0 Å². The van der Waals surface area contributed by atoms with Crippen molar-refractivity contribution in [2.45, 2.75) is 18.3 Å². The van der Waals surface area contributed by atoms with E-state index in [1.54, 1.807) is 0 Å². The van der Waals surface area contributed by atoms with Gasteiger partial charge in [0, 0.05) is 23.0 Å². The normalized spacial score (nSPS) is 16.1. The van der Waals surface area contributed by atoms with Gasteiger partial charge >= 0.3 is 6.03 Å². The Morgan fingerprint density at radius 3 is 2.67 bits per heavy atom. The zero-order valence-electron chi connectivity index (χ0n) is 10.1. The molecular formula is C13H17BrN2O2. The van der Waals surface area contributed by atoms with Crippen molar-refractivity contribution in [3.05, 3.63) is 34.3 Å². The van der Waals surface area contributed by atoms with Gasteiger partial charge in [0.15, 0.2) is 0 Å². The zero-order chi connectivity index (χ0) is 13.0. The van der Waals surface area contributed by atoms with E-state index >= 15 is 0 Å². The molecule has 4 nitrogen and oxygen atoms in total. The van der Waals surface area contributed by atoms with Crippen LogP contribution >= 0.6 is 15.9 Å². The highest BCUT2D eigenvalue weighted by atomic mass is 79.9. The third-order valence-corrected chi connectivity index (χ3v) is 3.97. The molecule has 5 heteroatoms. The summed E-state index contributed by atoms with van der Waals surface area (Å²) >= 11 is 3.56. The van der Waals surface area contributed by atoms with Crippen LogP contribution in [0.1, 0.15) is 18.4 Å². The summed E-state index contributed by atoms with van der Waals surface area (Å²) in [5, 5.41) is 14.1. The minimum atomic E-state index is -0.220. The smallest absolute Gasteiger partial charge is 0.314 e. The molecular weight excluding hydrogens is 296 g/mol. The number of amides is 2. The molecule has 0 radical (unpaired) electrons. The van der Waals surface area contributed by atoms with Crippen LogP contribution in [-0.4, -0.2) is 30.8 Å². The Morgan fingerprint density at radius 1 is 1.33 bits per heavy atom. The highest BCUT2D eigenvalue weighted by Gasteiger charge is 2.45. The Hall–Kier alpha value is -1.07. The van der Waals surface area contributed by atoms with Crippen LogP contribution in [-0.2, 0) is 5.41 Å². The maximum atomic E-state index is 11.4. The van der Waals surface area contributed by atoms with Gasteiger partial charge in [-0.25, -0.2) is 4.79 Å². The van der Waals surface area contributed by atoms with Crippen molar-refractivity contribution >= 4 is 22.0 Å². The topological polar surface area (TPSA) is 61.4 Å². The second kappa shape index (κ2) is 5.71. The maximum absolute atomic E-state index is 11.4. The monoisotopic (exact) mass is 312 g/mol. The lowest BCUT2D eigenvalue weighted by molar-refractivity contribution is 0.233. The van der Waals surface area contributed by atoms with Gasteiger partial charge in [0.05, 0.1) is 6.61 Å². The number of nitrogens with one attached hydrogen (secondary N) is 2. The summed E-state index contributed by atoms with van der Waals surface area (Å²) in [6.07, 6.45) is 2.19. The first-order valence-electron chi connectivity index (χ1n) is 6.05. The second-order valence-electron chi connectivity index (χ2n) is 4.59. The number of carbonyl (C=O) groups is 1. The van der Waals surface area contributed by atoms with E-state index in [-0.39, 0.29) is 24.6 Å². The summed E-state index contributed by atoms with van der Waals surface area (Å²) < 4.78 is 1.10. The van der Waals surface area contributed by atoms with Crippen LogP contribution in [0.5, 0.6) is 0 Å². The van der Waals surface area contributed by atoms with E-state index in [1.165, 1.54) is 5.56 Å². The van der Waals surface area contributed by atoms with Gasteiger partial charge in [0.2, 0.25) is 0 Å². The van der Waals surface area contributed by atoms with Crippen molar-refractivity contribution in [1.82, 2.24) is 10.6 Å². The fraction of sp³-hybridized carbons (Fsp3) is 0.462. The Morgan fingerprint density at radius 2 is 2.06 bits per heavy atom. The Balaban J connectivity index is 1.93. The fourth-order valence-corrected chi connectivity index (χ4v) is 2.77. The Labute approximate surface area is 115 Å². The predicted octanol–water partition coefficient (Wildman–Crippen LogP) is 1.77. The summed E-state index contributed by atoms with van der Waals surface area (Å²) in [5.74, 6) is 0. The molecule has 18 heavy (non-hydrogen) atoms. The summed E-state index contributed by atoms with van der Waals surface area (Å²) in [5.41, 5.74) is 1.34. The summed E-state index contributed by atoms with van der Waals surface area (Å²) in [6.45, 7) is 0.879. The van der Waals surface area contributed by atoms with Crippen molar-refractivity contribution in [3.63, 3.8) is 0 Å². The lowest BCUT2D eigenvalue weighted by Gasteiger charge is -2.18. The van der Waals surface area contributed by atoms with Crippen LogP contribution in [0.15, 0.2) is 28.7 Å². The molecule has 0 aromatic heterocycles. The molecule has 1 fully saturated rings. The number of aliphatic hydroxyl groups is 1. The molecule has 2 rings (SSSR count). The fourth-order valence-electron chi connectivity index (χ4n) is 2.06. The van der Waals surface area contributed by atoms with Gasteiger partial charge < -0.3 is 15.7 Å². The van der Waals surface area contributed by atoms with E-state index in [4.69, 9.17) is 5.11 Å². The van der Waals surface area contributed by atoms with E-state index in [0.29, 0.717) is 6.54 Å². The van der Waals surface area contributed by atoms with Crippen LogP contribution in [0.4, 0.5) is 4.79 Å². The number of carbonyl (C=O) groups excluding carboxylic acids is 1. The molecule has 1 aromatic rings. The number of rotatable bonds is 5. The maximum Gasteiger partial charge on any atom is 0.314 e. The standard InChI is InChI=1S/C13H17BrN2O2/c14-11-4-2-1-3-10(11)13(5-6-13)9-16-12(18)15-7-8-17/h1-4,17H,5-9H2,(H2,15,16,18). The van der Waals surface area contributed by atoms with Gasteiger partial charge in [-0.15, -0.1) is 0 Å². The van der Waals surface area contributed by atoms with E-state index in [9.17, 15) is 4.79 Å². The molecule has 1 saturated carbocycles. The quantitative estimate of drug-likeness (QED) is 0.776. The van der Waals surface area contributed by atoms with E-state index < -0.39 is 0 Å². The first-order chi connectivity index (χ1) is 8.68. The van der Waals surface area contributed by atoms with Crippen LogP contribution in [0.2, 0.25) is 0 Å². The average Bonchev–Trinajstić information content (AvgIpc) is 3.15. The number of halogens is 1. The molecule has 0 spiro atoms. The lowest BCUT2D eigenvalue weighted by atomic mass is 9.96. The van der Waals surface area contributed by atoms with Gasteiger partial charge in [-0.2, -0.15) is 0 Å². The largest absolute Gasteiger partial charge is 0.395 e. The molecule has 0 unspecified atom stereocenters. The average molecular weight is 313 g/mol. The number of aliphatic hydroxyl groups excluding tert-OH is 1. The molecule has 0 atom stereocenters. The minimum Gasteiger partial charge on any atom is -0.395 e. The van der Waals surface area contributed by atoms with Crippen molar-refractivity contribution in [3.8, 4) is 0 Å². The van der Waals surface area contributed by atoms with E-state index in [2.05, 4.69) is 32.6 Å².